The molecular formula is C33H40Cl2FN5O5. The van der Waals surface area contributed by atoms with Crippen LogP contribution in [0.4, 0.5) is 9.18 Å². The molecule has 13 heteroatoms. The number of fused-ring (bicyclic) bond motifs is 3. The lowest BCUT2D eigenvalue weighted by Crippen LogP contribution is -2.67. The van der Waals surface area contributed by atoms with E-state index in [1.54, 1.807) is 32.0 Å². The maximum Gasteiger partial charge on any atom is 0.408 e. The zero-order valence-corrected chi connectivity index (χ0v) is 27.8. The highest BCUT2D eigenvalue weighted by Gasteiger charge is 2.47. The summed E-state index contributed by atoms with van der Waals surface area (Å²) in [6, 6.07) is 6.60. The lowest BCUT2D eigenvalue weighted by Gasteiger charge is -2.41. The Morgan fingerprint density at radius 2 is 1.80 bits per heavy atom. The van der Waals surface area contributed by atoms with Gasteiger partial charge in [-0.05, 0) is 60.1 Å². The number of aromatic amines is 1. The highest BCUT2D eigenvalue weighted by atomic mass is 35.5. The van der Waals surface area contributed by atoms with Gasteiger partial charge in [0.1, 0.15) is 23.4 Å². The molecule has 0 spiro atoms. The molecule has 0 bridgehead atoms. The van der Waals surface area contributed by atoms with Gasteiger partial charge >= 0.3 is 6.09 Å². The minimum Gasteiger partial charge on any atom is -0.465 e. The Bertz CT molecular complexity index is 1650. The topological polar surface area (TPSA) is 158 Å². The number of carboxylic acid groups (broad SMARTS) is 1. The number of nitrogens with two attached hydrogens (primary N) is 1. The Labute approximate surface area is 277 Å². The number of aryl methyl sites for hydroxylation is 1. The van der Waals surface area contributed by atoms with E-state index in [1.165, 1.54) is 18.2 Å². The summed E-state index contributed by atoms with van der Waals surface area (Å²) in [5, 5.41) is 17.5. The lowest BCUT2D eigenvalue weighted by molar-refractivity contribution is -0.139. The van der Waals surface area contributed by atoms with Crippen LogP contribution in [0, 0.1) is 17.7 Å². The number of amides is 4. The predicted molar refractivity (Wildman–Crippen MR) is 175 cm³/mol. The minimum atomic E-state index is -1.59. The van der Waals surface area contributed by atoms with Crippen LogP contribution < -0.4 is 16.4 Å². The first-order valence-electron chi connectivity index (χ1n) is 15.4. The van der Waals surface area contributed by atoms with Crippen LogP contribution in [0.5, 0.6) is 0 Å². The molecule has 0 saturated heterocycles. The second kappa shape index (κ2) is 14.3. The number of carbonyl (C=O) groups excluding carboxylic acids is 3. The second-order valence-corrected chi connectivity index (χ2v) is 13.1. The van der Waals surface area contributed by atoms with Crippen molar-refractivity contribution in [2.45, 2.75) is 84.0 Å². The predicted octanol–water partition coefficient (Wildman–Crippen LogP) is 5.57. The molecule has 1 aliphatic rings. The van der Waals surface area contributed by atoms with Gasteiger partial charge in [0.05, 0.1) is 10.5 Å². The number of aromatic nitrogens is 1. The van der Waals surface area contributed by atoms with Crippen LogP contribution in [0.25, 0.3) is 10.9 Å². The summed E-state index contributed by atoms with van der Waals surface area (Å²) in [4.78, 5) is 58.0. The fourth-order valence-electron chi connectivity index (χ4n) is 6.19. The number of carbonyl (C=O) groups is 4. The van der Waals surface area contributed by atoms with Crippen molar-refractivity contribution in [1.82, 2.24) is 20.5 Å². The smallest absolute Gasteiger partial charge is 0.408 e. The third-order valence-electron chi connectivity index (χ3n) is 9.18. The second-order valence-electron chi connectivity index (χ2n) is 12.3. The van der Waals surface area contributed by atoms with E-state index >= 15 is 0 Å². The number of nitrogens with zero attached hydrogens (tertiary/aromatic N) is 1. The van der Waals surface area contributed by atoms with Crippen molar-refractivity contribution in [2.24, 2.45) is 17.6 Å². The van der Waals surface area contributed by atoms with E-state index in [-0.39, 0.29) is 25.3 Å². The molecule has 46 heavy (non-hydrogen) atoms. The van der Waals surface area contributed by atoms with Gasteiger partial charge in [0.15, 0.2) is 0 Å². The molecule has 248 valence electrons. The number of halogens is 3. The number of H-pyrrole nitrogens is 1. The molecule has 3 aromatic rings. The largest absolute Gasteiger partial charge is 0.465 e. The molecule has 5 atom stereocenters. The fourth-order valence-corrected chi connectivity index (χ4v) is 6.74. The quantitative estimate of drug-likeness (QED) is 0.170. The van der Waals surface area contributed by atoms with Crippen molar-refractivity contribution in [3.63, 3.8) is 0 Å². The van der Waals surface area contributed by atoms with Gasteiger partial charge in [-0.2, -0.15) is 0 Å². The molecule has 0 fully saturated rings. The molecule has 1 aliphatic carbocycles. The van der Waals surface area contributed by atoms with E-state index in [0.717, 1.165) is 16.2 Å². The van der Waals surface area contributed by atoms with Crippen LogP contribution in [0.1, 0.15) is 63.8 Å². The number of nitrogens with one attached hydrogen (secondary N) is 3. The van der Waals surface area contributed by atoms with E-state index < -0.39 is 53.2 Å². The monoisotopic (exact) mass is 675 g/mol. The van der Waals surface area contributed by atoms with Crippen molar-refractivity contribution in [1.29, 1.82) is 0 Å². The summed E-state index contributed by atoms with van der Waals surface area (Å²) in [6.07, 6.45) is 0.0849. The van der Waals surface area contributed by atoms with Crippen LogP contribution in [0.3, 0.4) is 0 Å². The Morgan fingerprint density at radius 3 is 2.41 bits per heavy atom. The van der Waals surface area contributed by atoms with Gasteiger partial charge in [-0.1, -0.05) is 75.9 Å². The fraction of sp³-hybridized carbons (Fsp3) is 0.455. The molecule has 0 aliphatic heterocycles. The molecular weight excluding hydrogens is 636 g/mol. The minimum absolute atomic E-state index is 0.00671. The Balaban J connectivity index is 1.79. The summed E-state index contributed by atoms with van der Waals surface area (Å²) in [6.45, 7) is 6.97. The van der Waals surface area contributed by atoms with E-state index in [2.05, 4.69) is 15.6 Å². The van der Waals surface area contributed by atoms with E-state index in [9.17, 15) is 28.7 Å². The van der Waals surface area contributed by atoms with Crippen LogP contribution in [0.15, 0.2) is 36.4 Å². The molecule has 1 heterocycles. The zero-order chi connectivity index (χ0) is 33.9. The first kappa shape index (κ1) is 35.0. The standard InChI is InChI=1S/C33H40Cl2FN5O5/c1-5-17(3)26(29(37)42)39-31(44)33(11-10-25-23(15-33)22-13-20(34)14-24(35)27(22)38-25)40-30(43)28(18(4)6-2)41(32(45)46)16-19-8-7-9-21(36)12-19/h7-9,12-14,17-18,26,28,38H,5-6,10-11,15-16H2,1-4H3,(H2,37,42)(H,39,44)(H,40,43)(H,45,46)/t17?,18?,26-,28-,33+/m0/s1. The Kier molecular flexibility index (Phi) is 10.9. The van der Waals surface area contributed by atoms with Gasteiger partial charge in [0.2, 0.25) is 17.7 Å². The molecule has 0 saturated carbocycles. The Hall–Kier alpha value is -3.83. The number of benzene rings is 2. The molecule has 0 radical (unpaired) electrons. The molecule has 2 unspecified atom stereocenters. The van der Waals surface area contributed by atoms with E-state index in [1.807, 2.05) is 13.8 Å². The van der Waals surface area contributed by atoms with Crippen LogP contribution in [0.2, 0.25) is 10.0 Å². The third-order valence-corrected chi connectivity index (χ3v) is 9.70. The SMILES string of the molecule is CCC(C)[C@H](NC(=O)[C@@]1(NC(=O)[C@H](C(C)CC)N(Cc2cccc(F)c2)C(=O)O)CCc2[nH]c3c(Cl)cc(Cl)cc3c2C1)C(N)=O. The highest BCUT2D eigenvalue weighted by molar-refractivity contribution is 6.38. The van der Waals surface area contributed by atoms with Crippen molar-refractivity contribution in [2.75, 3.05) is 0 Å². The van der Waals surface area contributed by atoms with Crippen molar-refractivity contribution in [3.8, 4) is 0 Å². The average Bonchev–Trinajstić information content (AvgIpc) is 3.36. The van der Waals surface area contributed by atoms with E-state index in [4.69, 9.17) is 28.9 Å². The van der Waals surface area contributed by atoms with Gasteiger partial charge in [0.25, 0.3) is 0 Å². The number of hydrogen-bond acceptors (Lipinski definition) is 4. The highest BCUT2D eigenvalue weighted by Crippen LogP contribution is 2.38. The van der Waals surface area contributed by atoms with Gasteiger partial charge in [0, 0.05) is 29.1 Å². The maximum atomic E-state index is 14.3. The normalized spacial score (nSPS) is 18.6. The molecule has 10 nitrogen and oxygen atoms in total. The van der Waals surface area contributed by atoms with Gasteiger partial charge in [-0.15, -0.1) is 0 Å². The average molecular weight is 677 g/mol. The molecule has 6 N–H and O–H groups in total. The summed E-state index contributed by atoms with van der Waals surface area (Å²) >= 11 is 12.8. The van der Waals surface area contributed by atoms with Gasteiger partial charge in [-0.3, -0.25) is 19.3 Å². The first-order valence-corrected chi connectivity index (χ1v) is 16.1. The van der Waals surface area contributed by atoms with Crippen molar-refractivity contribution >= 4 is 57.9 Å². The number of primary amides is 1. The van der Waals surface area contributed by atoms with Crippen LogP contribution in [-0.2, 0) is 33.8 Å². The molecule has 4 rings (SSSR count). The molecule has 1 aromatic heterocycles. The van der Waals surface area contributed by atoms with Crippen molar-refractivity contribution < 1.29 is 28.7 Å². The molecule has 2 aromatic carbocycles. The van der Waals surface area contributed by atoms with Crippen LogP contribution >= 0.6 is 23.2 Å². The maximum absolute atomic E-state index is 14.3. The molecule has 4 amide bonds. The zero-order valence-electron chi connectivity index (χ0n) is 26.3. The number of hydrogen-bond donors (Lipinski definition) is 5. The van der Waals surface area contributed by atoms with E-state index in [0.29, 0.717) is 45.8 Å². The first-order chi connectivity index (χ1) is 21.7. The number of rotatable bonds is 12. The summed E-state index contributed by atoms with van der Waals surface area (Å²) < 4.78 is 14.0. The summed E-state index contributed by atoms with van der Waals surface area (Å²) in [5.74, 6) is -3.33. The van der Waals surface area contributed by atoms with Gasteiger partial charge < -0.3 is 26.5 Å². The van der Waals surface area contributed by atoms with Crippen molar-refractivity contribution in [3.05, 3.63) is 69.1 Å². The summed E-state index contributed by atoms with van der Waals surface area (Å²) in [5.41, 5.74) is 6.64. The summed E-state index contributed by atoms with van der Waals surface area (Å²) in [7, 11) is 0. The van der Waals surface area contributed by atoms with Crippen LogP contribution in [-0.4, -0.2) is 56.4 Å². The lowest BCUT2D eigenvalue weighted by atomic mass is 9.78. The Morgan fingerprint density at radius 1 is 1.11 bits per heavy atom. The third kappa shape index (κ3) is 7.25. The van der Waals surface area contributed by atoms with Gasteiger partial charge in [-0.25, -0.2) is 9.18 Å².